The molecule has 3 aromatic carbocycles. The predicted octanol–water partition coefficient (Wildman–Crippen LogP) is 8.98. The van der Waals surface area contributed by atoms with Crippen LogP contribution in [0.4, 0.5) is 13.2 Å². The summed E-state index contributed by atoms with van der Waals surface area (Å²) in [6, 6.07) is 15.2. The van der Waals surface area contributed by atoms with Gasteiger partial charge in [0.05, 0.1) is 12.7 Å². The van der Waals surface area contributed by atoms with Gasteiger partial charge in [-0.3, -0.25) is 0 Å². The van der Waals surface area contributed by atoms with E-state index in [0.717, 1.165) is 57.1 Å². The van der Waals surface area contributed by atoms with Gasteiger partial charge in [0.2, 0.25) is 5.82 Å². The lowest BCUT2D eigenvalue weighted by Crippen LogP contribution is -2.21. The van der Waals surface area contributed by atoms with Crippen LogP contribution in [0.2, 0.25) is 0 Å². The number of rotatable bonds is 12. The van der Waals surface area contributed by atoms with Crippen molar-refractivity contribution in [2.75, 3.05) is 13.2 Å². The van der Waals surface area contributed by atoms with Gasteiger partial charge in [-0.05, 0) is 79.3 Å². The smallest absolute Gasteiger partial charge is 0.200 e. The van der Waals surface area contributed by atoms with Crippen LogP contribution in [0.3, 0.4) is 0 Å². The molecule has 1 fully saturated rings. The monoisotopic (exact) mass is 526 g/mol. The third-order valence-electron chi connectivity index (χ3n) is 7.11. The first-order valence-corrected chi connectivity index (χ1v) is 13.7. The zero-order valence-electron chi connectivity index (χ0n) is 22.3. The molecule has 0 spiro atoms. The molecule has 0 heterocycles. The zero-order chi connectivity index (χ0) is 26.9. The van der Waals surface area contributed by atoms with Crippen LogP contribution in [0.25, 0.3) is 11.1 Å². The van der Waals surface area contributed by atoms with Gasteiger partial charge < -0.3 is 14.2 Å². The minimum atomic E-state index is -0.952. The summed E-state index contributed by atoms with van der Waals surface area (Å²) in [5, 5.41) is 0. The van der Waals surface area contributed by atoms with Gasteiger partial charge in [0.25, 0.3) is 0 Å². The molecule has 0 bridgehead atoms. The summed E-state index contributed by atoms with van der Waals surface area (Å²) in [5.41, 5.74) is 2.36. The number of hydrogen-bond donors (Lipinski definition) is 0. The van der Waals surface area contributed by atoms with Crippen molar-refractivity contribution >= 4 is 0 Å². The van der Waals surface area contributed by atoms with E-state index < -0.39 is 11.6 Å². The largest absolute Gasteiger partial charge is 0.493 e. The van der Waals surface area contributed by atoms with Gasteiger partial charge in [0, 0.05) is 18.2 Å². The van der Waals surface area contributed by atoms with Crippen molar-refractivity contribution in [2.45, 2.75) is 77.4 Å². The lowest BCUT2D eigenvalue weighted by molar-refractivity contribution is 0.0248. The summed E-state index contributed by atoms with van der Waals surface area (Å²) < 4.78 is 61.4. The number of hydrogen-bond acceptors (Lipinski definition) is 3. The molecule has 38 heavy (non-hydrogen) atoms. The number of unbranched alkanes of at least 4 members (excludes halogenated alkanes) is 1. The average Bonchev–Trinajstić information content (AvgIpc) is 2.94. The molecule has 0 radical (unpaired) electrons. The maximum atomic E-state index is 14.9. The molecule has 0 N–H and O–H groups in total. The van der Waals surface area contributed by atoms with Gasteiger partial charge >= 0.3 is 0 Å². The van der Waals surface area contributed by atoms with Crippen molar-refractivity contribution in [3.63, 3.8) is 0 Å². The van der Waals surface area contributed by atoms with Crippen LogP contribution in [-0.4, -0.2) is 19.3 Å². The van der Waals surface area contributed by atoms with E-state index >= 15 is 0 Å². The summed E-state index contributed by atoms with van der Waals surface area (Å²) in [6.07, 6.45) is 6.42. The fourth-order valence-electron chi connectivity index (χ4n) is 4.89. The van der Waals surface area contributed by atoms with E-state index in [1.54, 1.807) is 42.5 Å². The number of ether oxygens (including phenoxy) is 3. The molecule has 3 nitrogen and oxygen atoms in total. The van der Waals surface area contributed by atoms with Gasteiger partial charge in [0.1, 0.15) is 18.2 Å². The van der Waals surface area contributed by atoms with E-state index in [9.17, 15) is 13.2 Å². The molecule has 0 amide bonds. The van der Waals surface area contributed by atoms with Crippen LogP contribution in [-0.2, 0) is 11.3 Å². The van der Waals surface area contributed by atoms with Crippen molar-refractivity contribution in [2.24, 2.45) is 0 Å². The van der Waals surface area contributed by atoms with E-state index in [1.807, 2.05) is 0 Å². The summed E-state index contributed by atoms with van der Waals surface area (Å²) >= 11 is 0. The molecule has 3 aromatic rings. The molecule has 0 aromatic heterocycles. The molecular weight excluding hydrogens is 489 g/mol. The molecule has 0 saturated heterocycles. The maximum Gasteiger partial charge on any atom is 0.200 e. The topological polar surface area (TPSA) is 27.7 Å². The van der Waals surface area contributed by atoms with Crippen molar-refractivity contribution in [1.29, 1.82) is 0 Å². The fraction of sp³-hybridized carbons (Fsp3) is 0.438. The molecule has 0 atom stereocenters. The highest BCUT2D eigenvalue weighted by atomic mass is 19.2. The van der Waals surface area contributed by atoms with Crippen LogP contribution in [0.1, 0.15) is 75.8 Å². The standard InChI is InChI=1S/C32H37F3O3/c1-3-5-19-37-26-14-15-27(29(33)20-26)23-8-6-22(7-9-23)21-38-30-17-16-28(31(34)32(30)35)24-10-12-25(13-11-24)36-18-4-2/h6-9,14-17,20,24-25H,3-5,10-13,18-19,21H2,1-2H3. The maximum absolute atomic E-state index is 14.9. The highest BCUT2D eigenvalue weighted by Gasteiger charge is 2.27. The normalized spacial score (nSPS) is 17.4. The lowest BCUT2D eigenvalue weighted by Gasteiger charge is -2.29. The SMILES string of the molecule is CCCCOc1ccc(-c2ccc(COc3ccc(C4CCC(OCCC)CC4)c(F)c3F)cc2)c(F)c1. The summed E-state index contributed by atoms with van der Waals surface area (Å²) in [5.74, 6) is -1.74. The molecule has 4 rings (SSSR count). The Balaban J connectivity index is 1.34. The Morgan fingerprint density at radius 1 is 0.763 bits per heavy atom. The summed E-state index contributed by atoms with van der Waals surface area (Å²) in [6.45, 7) is 5.53. The molecule has 0 unspecified atom stereocenters. The van der Waals surface area contributed by atoms with Crippen molar-refractivity contribution < 1.29 is 27.4 Å². The molecular formula is C32H37F3O3. The van der Waals surface area contributed by atoms with E-state index in [0.29, 0.717) is 29.0 Å². The predicted molar refractivity (Wildman–Crippen MR) is 144 cm³/mol. The van der Waals surface area contributed by atoms with Crippen molar-refractivity contribution in [1.82, 2.24) is 0 Å². The minimum Gasteiger partial charge on any atom is -0.493 e. The molecule has 0 aliphatic heterocycles. The van der Waals surface area contributed by atoms with Crippen LogP contribution < -0.4 is 9.47 Å². The van der Waals surface area contributed by atoms with E-state index in [4.69, 9.17) is 14.2 Å². The second-order valence-corrected chi connectivity index (χ2v) is 9.95. The molecule has 6 heteroatoms. The zero-order valence-corrected chi connectivity index (χ0v) is 22.3. The summed E-state index contributed by atoms with van der Waals surface area (Å²) in [4.78, 5) is 0. The number of benzene rings is 3. The molecule has 1 aliphatic rings. The third-order valence-corrected chi connectivity index (χ3v) is 7.11. The fourth-order valence-corrected chi connectivity index (χ4v) is 4.89. The Morgan fingerprint density at radius 3 is 2.21 bits per heavy atom. The Morgan fingerprint density at radius 2 is 1.53 bits per heavy atom. The van der Waals surface area contributed by atoms with Crippen LogP contribution >= 0.6 is 0 Å². The first-order chi connectivity index (χ1) is 18.5. The highest BCUT2D eigenvalue weighted by molar-refractivity contribution is 5.65. The molecule has 204 valence electrons. The Labute approximate surface area is 223 Å². The van der Waals surface area contributed by atoms with Crippen LogP contribution in [0, 0.1) is 17.5 Å². The van der Waals surface area contributed by atoms with Gasteiger partial charge in [-0.2, -0.15) is 4.39 Å². The van der Waals surface area contributed by atoms with E-state index in [1.165, 1.54) is 12.1 Å². The average molecular weight is 527 g/mol. The highest BCUT2D eigenvalue weighted by Crippen LogP contribution is 2.37. The van der Waals surface area contributed by atoms with Gasteiger partial charge in [-0.15, -0.1) is 0 Å². The first kappa shape index (κ1) is 28.0. The first-order valence-electron chi connectivity index (χ1n) is 13.7. The van der Waals surface area contributed by atoms with Gasteiger partial charge in [-0.25, -0.2) is 8.78 Å². The number of halogens is 3. The molecule has 1 aliphatic carbocycles. The van der Waals surface area contributed by atoms with Crippen LogP contribution in [0.5, 0.6) is 11.5 Å². The Kier molecular flexibility index (Phi) is 10.1. The van der Waals surface area contributed by atoms with Gasteiger partial charge in [-0.1, -0.05) is 50.6 Å². The van der Waals surface area contributed by atoms with Crippen LogP contribution in [0.15, 0.2) is 54.6 Å². The lowest BCUT2D eigenvalue weighted by atomic mass is 9.82. The third kappa shape index (κ3) is 7.10. The second kappa shape index (κ2) is 13.7. The Hall–Kier alpha value is -2.99. The van der Waals surface area contributed by atoms with E-state index in [-0.39, 0.29) is 30.2 Å². The Bertz CT molecular complexity index is 1170. The second-order valence-electron chi connectivity index (χ2n) is 9.95. The van der Waals surface area contributed by atoms with E-state index in [2.05, 4.69) is 13.8 Å². The van der Waals surface area contributed by atoms with Gasteiger partial charge in [0.15, 0.2) is 11.6 Å². The minimum absolute atomic E-state index is 0.00932. The quantitative estimate of drug-likeness (QED) is 0.220. The van der Waals surface area contributed by atoms with Crippen molar-refractivity contribution in [3.05, 3.63) is 83.2 Å². The summed E-state index contributed by atoms with van der Waals surface area (Å²) in [7, 11) is 0. The molecule has 1 saturated carbocycles. The van der Waals surface area contributed by atoms with Crippen molar-refractivity contribution in [3.8, 4) is 22.6 Å².